The zero-order valence-corrected chi connectivity index (χ0v) is 11.3. The molecule has 3 heteroatoms. The van der Waals surface area contributed by atoms with E-state index < -0.39 is 0 Å². The molecule has 2 nitrogen and oxygen atoms in total. The van der Waals surface area contributed by atoms with E-state index in [2.05, 4.69) is 23.1 Å². The predicted molar refractivity (Wildman–Crippen MR) is 78.1 cm³/mol. The molecule has 104 valence electrons. The van der Waals surface area contributed by atoms with Crippen molar-refractivity contribution in [1.29, 1.82) is 0 Å². The van der Waals surface area contributed by atoms with E-state index in [4.69, 9.17) is 0 Å². The molecular formula is C17H18FNO. The molecule has 1 heterocycles. The highest BCUT2D eigenvalue weighted by atomic mass is 19.1. The van der Waals surface area contributed by atoms with Crippen LogP contribution in [0.25, 0.3) is 0 Å². The van der Waals surface area contributed by atoms with Crippen molar-refractivity contribution in [3.63, 3.8) is 0 Å². The Morgan fingerprint density at radius 2 is 1.90 bits per heavy atom. The van der Waals surface area contributed by atoms with Crippen LogP contribution in [0.1, 0.15) is 23.1 Å². The van der Waals surface area contributed by atoms with Crippen molar-refractivity contribution in [1.82, 2.24) is 0 Å². The summed E-state index contributed by atoms with van der Waals surface area (Å²) in [4.78, 5) is 2.19. The third kappa shape index (κ3) is 2.68. The van der Waals surface area contributed by atoms with Gasteiger partial charge >= 0.3 is 0 Å². The maximum absolute atomic E-state index is 13.6. The molecule has 0 atom stereocenters. The smallest absolute Gasteiger partial charge is 0.125 e. The van der Waals surface area contributed by atoms with Crippen LogP contribution < -0.4 is 4.90 Å². The van der Waals surface area contributed by atoms with Gasteiger partial charge in [0.1, 0.15) is 5.82 Å². The predicted octanol–water partition coefficient (Wildman–Crippen LogP) is 3.27. The fourth-order valence-electron chi connectivity index (χ4n) is 2.83. The molecule has 2 aromatic rings. The van der Waals surface area contributed by atoms with E-state index in [0.717, 1.165) is 31.6 Å². The maximum Gasteiger partial charge on any atom is 0.125 e. The number of rotatable bonds is 2. The van der Waals surface area contributed by atoms with Gasteiger partial charge < -0.3 is 10.0 Å². The zero-order valence-electron chi connectivity index (χ0n) is 11.3. The molecule has 20 heavy (non-hydrogen) atoms. The molecule has 0 unspecified atom stereocenters. The number of hydrogen-bond donors (Lipinski definition) is 1. The van der Waals surface area contributed by atoms with E-state index in [1.165, 1.54) is 17.2 Å². The van der Waals surface area contributed by atoms with E-state index in [-0.39, 0.29) is 12.4 Å². The summed E-state index contributed by atoms with van der Waals surface area (Å²) in [5.41, 5.74) is 4.16. The molecule has 0 radical (unpaired) electrons. The second kappa shape index (κ2) is 5.63. The van der Waals surface area contributed by atoms with Crippen LogP contribution >= 0.6 is 0 Å². The first-order valence-electron chi connectivity index (χ1n) is 6.98. The second-order valence-corrected chi connectivity index (χ2v) is 5.27. The molecule has 1 N–H and O–H groups in total. The minimum Gasteiger partial charge on any atom is -0.392 e. The lowest BCUT2D eigenvalue weighted by molar-refractivity contribution is 0.281. The van der Waals surface area contributed by atoms with Gasteiger partial charge in [0, 0.05) is 18.8 Å². The Morgan fingerprint density at radius 1 is 1.10 bits per heavy atom. The van der Waals surface area contributed by atoms with Gasteiger partial charge in [0.05, 0.1) is 6.61 Å². The Kier molecular flexibility index (Phi) is 3.70. The molecule has 2 aromatic carbocycles. The number of aryl methyl sites for hydroxylation is 1. The lowest BCUT2D eigenvalue weighted by Gasteiger charge is -2.24. The van der Waals surface area contributed by atoms with Crippen molar-refractivity contribution in [3.05, 3.63) is 65.0 Å². The fraction of sp³-hybridized carbons (Fsp3) is 0.294. The first-order chi connectivity index (χ1) is 9.76. The highest BCUT2D eigenvalue weighted by Gasteiger charge is 2.15. The Balaban J connectivity index is 1.93. The van der Waals surface area contributed by atoms with Crippen LogP contribution in [0.3, 0.4) is 0 Å². The number of hydrogen-bond acceptors (Lipinski definition) is 2. The number of aliphatic hydroxyl groups excluding tert-OH is 1. The first kappa shape index (κ1) is 13.1. The van der Waals surface area contributed by atoms with Gasteiger partial charge in [0.25, 0.3) is 0 Å². The molecule has 1 aliphatic rings. The molecule has 1 aliphatic heterocycles. The molecule has 0 fully saturated rings. The SMILES string of the molecule is OCc1cc(F)cc(N2CCCc3ccccc3C2)c1. The third-order valence-corrected chi connectivity index (χ3v) is 3.84. The summed E-state index contributed by atoms with van der Waals surface area (Å²) in [7, 11) is 0. The summed E-state index contributed by atoms with van der Waals surface area (Å²) in [6, 6.07) is 13.2. The van der Waals surface area contributed by atoms with Gasteiger partial charge in [-0.15, -0.1) is 0 Å². The van der Waals surface area contributed by atoms with Crippen LogP contribution in [-0.4, -0.2) is 11.7 Å². The molecule has 0 saturated heterocycles. The lowest BCUT2D eigenvalue weighted by Crippen LogP contribution is -2.22. The number of aliphatic hydroxyl groups is 1. The molecule has 0 aromatic heterocycles. The summed E-state index contributed by atoms with van der Waals surface area (Å²) in [5.74, 6) is -0.288. The zero-order chi connectivity index (χ0) is 13.9. The van der Waals surface area contributed by atoms with E-state index in [9.17, 15) is 9.50 Å². The van der Waals surface area contributed by atoms with Crippen LogP contribution in [0.15, 0.2) is 42.5 Å². The van der Waals surface area contributed by atoms with Crippen LogP contribution in [0.4, 0.5) is 10.1 Å². The Morgan fingerprint density at radius 3 is 2.70 bits per heavy atom. The van der Waals surface area contributed by atoms with Gasteiger partial charge in [-0.2, -0.15) is 0 Å². The molecule has 0 saturated carbocycles. The number of nitrogens with zero attached hydrogens (tertiary/aromatic N) is 1. The summed E-state index contributed by atoms with van der Waals surface area (Å²) in [6.45, 7) is 1.57. The van der Waals surface area contributed by atoms with Crippen molar-refractivity contribution in [2.24, 2.45) is 0 Å². The topological polar surface area (TPSA) is 23.5 Å². The maximum atomic E-state index is 13.6. The minimum atomic E-state index is -0.288. The Labute approximate surface area is 118 Å². The van der Waals surface area contributed by atoms with Crippen molar-refractivity contribution >= 4 is 5.69 Å². The lowest BCUT2D eigenvalue weighted by atomic mass is 10.0. The van der Waals surface area contributed by atoms with Crippen LogP contribution in [0.2, 0.25) is 0 Å². The number of halogens is 1. The van der Waals surface area contributed by atoms with Gasteiger partial charge in [-0.25, -0.2) is 4.39 Å². The van der Waals surface area contributed by atoms with Gasteiger partial charge in [0.15, 0.2) is 0 Å². The number of benzene rings is 2. The van der Waals surface area contributed by atoms with Gasteiger partial charge in [-0.3, -0.25) is 0 Å². The minimum absolute atomic E-state index is 0.130. The quantitative estimate of drug-likeness (QED) is 0.906. The highest BCUT2D eigenvalue weighted by molar-refractivity contribution is 5.50. The summed E-state index contributed by atoms with van der Waals surface area (Å²) < 4.78 is 13.6. The van der Waals surface area contributed by atoms with Crippen LogP contribution in [0.5, 0.6) is 0 Å². The largest absolute Gasteiger partial charge is 0.392 e. The average Bonchev–Trinajstić information content (AvgIpc) is 2.68. The van der Waals surface area contributed by atoms with E-state index >= 15 is 0 Å². The van der Waals surface area contributed by atoms with Crippen LogP contribution in [-0.2, 0) is 19.6 Å². The normalized spacial score (nSPS) is 14.8. The van der Waals surface area contributed by atoms with Gasteiger partial charge in [-0.05, 0) is 47.7 Å². The summed E-state index contributed by atoms with van der Waals surface area (Å²) in [6.07, 6.45) is 2.12. The number of anilines is 1. The second-order valence-electron chi connectivity index (χ2n) is 5.27. The van der Waals surface area contributed by atoms with Gasteiger partial charge in [0.2, 0.25) is 0 Å². The average molecular weight is 271 g/mol. The Hall–Kier alpha value is -1.87. The summed E-state index contributed by atoms with van der Waals surface area (Å²) >= 11 is 0. The molecule has 0 spiro atoms. The summed E-state index contributed by atoms with van der Waals surface area (Å²) in [5, 5.41) is 9.21. The van der Waals surface area contributed by atoms with E-state index in [1.807, 2.05) is 12.1 Å². The first-order valence-corrected chi connectivity index (χ1v) is 6.98. The van der Waals surface area contributed by atoms with Crippen molar-refractivity contribution in [2.45, 2.75) is 26.0 Å². The fourth-order valence-corrected chi connectivity index (χ4v) is 2.83. The van der Waals surface area contributed by atoms with Gasteiger partial charge in [-0.1, -0.05) is 24.3 Å². The highest BCUT2D eigenvalue weighted by Crippen LogP contribution is 2.25. The van der Waals surface area contributed by atoms with Crippen molar-refractivity contribution in [3.8, 4) is 0 Å². The van der Waals surface area contributed by atoms with Crippen LogP contribution in [0, 0.1) is 5.82 Å². The standard InChI is InChI=1S/C17H18FNO/c18-16-8-13(12-20)9-17(10-16)19-7-3-6-14-4-1-2-5-15(14)11-19/h1-2,4-5,8-10,20H,3,6-7,11-12H2. The number of fused-ring (bicyclic) bond motifs is 1. The van der Waals surface area contributed by atoms with Crippen molar-refractivity contribution < 1.29 is 9.50 Å². The third-order valence-electron chi connectivity index (χ3n) is 3.84. The van der Waals surface area contributed by atoms with E-state index in [1.54, 1.807) is 6.07 Å². The molecule has 0 aliphatic carbocycles. The van der Waals surface area contributed by atoms with Crippen molar-refractivity contribution in [2.75, 3.05) is 11.4 Å². The van der Waals surface area contributed by atoms with E-state index in [0.29, 0.717) is 5.56 Å². The Bertz CT molecular complexity index is 612. The molecule has 3 rings (SSSR count). The molecular weight excluding hydrogens is 253 g/mol. The molecule has 0 bridgehead atoms. The molecule has 0 amide bonds. The monoisotopic (exact) mass is 271 g/mol.